The molecule has 2 unspecified atom stereocenters. The molecule has 2 rings (SSSR count). The number of H-pyrrole nitrogens is 1. The van der Waals surface area contributed by atoms with Gasteiger partial charge in [0.05, 0.1) is 0 Å². The minimum atomic E-state index is -1.07. The van der Waals surface area contributed by atoms with E-state index in [4.69, 9.17) is 0 Å². The van der Waals surface area contributed by atoms with Crippen molar-refractivity contribution in [1.29, 1.82) is 0 Å². The number of aliphatic hydroxyl groups is 2. The number of hydrogen-bond acceptors (Lipinski definition) is 4. The first-order valence-corrected chi connectivity index (χ1v) is 5.62. The SMILES string of the molecule is CC(=O)NCC(O)C(O)c1c[nH]c2ncccc12. The fourth-order valence-corrected chi connectivity index (χ4v) is 1.79. The quantitative estimate of drug-likeness (QED) is 0.617. The fourth-order valence-electron chi connectivity index (χ4n) is 1.79. The van der Waals surface area contributed by atoms with E-state index in [2.05, 4.69) is 15.3 Å². The van der Waals surface area contributed by atoms with E-state index in [0.717, 1.165) is 5.39 Å². The molecule has 2 aromatic heterocycles. The number of carbonyl (C=O) groups is 1. The van der Waals surface area contributed by atoms with Crippen LogP contribution in [0, 0.1) is 0 Å². The van der Waals surface area contributed by atoms with Crippen LogP contribution in [0.1, 0.15) is 18.6 Å². The van der Waals surface area contributed by atoms with Gasteiger partial charge in [-0.2, -0.15) is 0 Å². The molecule has 4 N–H and O–H groups in total. The largest absolute Gasteiger partial charge is 0.388 e. The second kappa shape index (κ2) is 5.16. The number of carbonyl (C=O) groups excluding carboxylic acids is 1. The van der Waals surface area contributed by atoms with Crippen molar-refractivity contribution in [2.45, 2.75) is 19.1 Å². The molecular formula is C12H15N3O3. The number of aromatic nitrogens is 2. The zero-order valence-electron chi connectivity index (χ0n) is 9.92. The zero-order valence-corrected chi connectivity index (χ0v) is 9.92. The van der Waals surface area contributed by atoms with Crippen molar-refractivity contribution in [2.75, 3.05) is 6.54 Å². The molecule has 0 radical (unpaired) electrons. The van der Waals surface area contributed by atoms with Crippen LogP contribution in [0.25, 0.3) is 11.0 Å². The van der Waals surface area contributed by atoms with Crippen LogP contribution in [0.4, 0.5) is 0 Å². The summed E-state index contributed by atoms with van der Waals surface area (Å²) >= 11 is 0. The van der Waals surface area contributed by atoms with Crippen LogP contribution in [0.15, 0.2) is 24.5 Å². The summed E-state index contributed by atoms with van der Waals surface area (Å²) in [5.74, 6) is -0.248. The van der Waals surface area contributed by atoms with Crippen molar-refractivity contribution in [2.24, 2.45) is 0 Å². The molecule has 0 aliphatic rings. The van der Waals surface area contributed by atoms with Crippen LogP contribution < -0.4 is 5.32 Å². The van der Waals surface area contributed by atoms with Gasteiger partial charge in [-0.3, -0.25) is 4.79 Å². The molecule has 0 aromatic carbocycles. The smallest absolute Gasteiger partial charge is 0.216 e. The van der Waals surface area contributed by atoms with Crippen molar-refractivity contribution >= 4 is 16.9 Å². The molecular weight excluding hydrogens is 234 g/mol. The van der Waals surface area contributed by atoms with Gasteiger partial charge in [0.2, 0.25) is 5.91 Å². The Kier molecular flexibility index (Phi) is 3.59. The second-order valence-corrected chi connectivity index (χ2v) is 4.09. The molecule has 96 valence electrons. The van der Waals surface area contributed by atoms with E-state index >= 15 is 0 Å². The number of amides is 1. The van der Waals surface area contributed by atoms with Gasteiger partial charge in [0, 0.05) is 36.8 Å². The Balaban J connectivity index is 2.17. The normalized spacial score (nSPS) is 14.4. The van der Waals surface area contributed by atoms with E-state index in [0.29, 0.717) is 11.2 Å². The van der Waals surface area contributed by atoms with Crippen molar-refractivity contribution in [3.05, 3.63) is 30.1 Å². The van der Waals surface area contributed by atoms with Crippen molar-refractivity contribution < 1.29 is 15.0 Å². The van der Waals surface area contributed by atoms with Gasteiger partial charge in [0.15, 0.2) is 0 Å². The monoisotopic (exact) mass is 249 g/mol. The maximum atomic E-state index is 10.7. The molecule has 0 spiro atoms. The highest BCUT2D eigenvalue weighted by Gasteiger charge is 2.21. The van der Waals surface area contributed by atoms with Gasteiger partial charge in [0.1, 0.15) is 17.9 Å². The Labute approximate surface area is 104 Å². The number of aliphatic hydroxyl groups excluding tert-OH is 2. The molecule has 2 atom stereocenters. The lowest BCUT2D eigenvalue weighted by Gasteiger charge is -2.17. The van der Waals surface area contributed by atoms with Crippen molar-refractivity contribution in [3.63, 3.8) is 0 Å². The Hall–Kier alpha value is -1.92. The highest BCUT2D eigenvalue weighted by Crippen LogP contribution is 2.24. The number of nitrogens with zero attached hydrogens (tertiary/aromatic N) is 1. The number of rotatable bonds is 4. The van der Waals surface area contributed by atoms with E-state index in [1.54, 1.807) is 18.5 Å². The average molecular weight is 249 g/mol. The standard InChI is InChI=1S/C12H15N3O3/c1-7(16)14-6-10(17)11(18)9-5-15-12-8(9)3-2-4-13-12/h2-5,10-11,17-18H,6H2,1H3,(H,13,15)(H,14,16). The molecule has 0 fully saturated rings. The van der Waals surface area contributed by atoms with Crippen LogP contribution in [-0.2, 0) is 4.79 Å². The Morgan fingerprint density at radius 2 is 2.33 bits per heavy atom. The molecule has 2 heterocycles. The maximum absolute atomic E-state index is 10.7. The summed E-state index contributed by atoms with van der Waals surface area (Å²) in [6.07, 6.45) is 1.12. The highest BCUT2D eigenvalue weighted by molar-refractivity contribution is 5.80. The second-order valence-electron chi connectivity index (χ2n) is 4.09. The van der Waals surface area contributed by atoms with Gasteiger partial charge in [-0.1, -0.05) is 0 Å². The third-order valence-electron chi connectivity index (χ3n) is 2.73. The zero-order chi connectivity index (χ0) is 13.1. The Morgan fingerprint density at radius 1 is 1.56 bits per heavy atom. The van der Waals surface area contributed by atoms with Crippen LogP contribution in [0.2, 0.25) is 0 Å². The van der Waals surface area contributed by atoms with Crippen LogP contribution in [-0.4, -0.2) is 38.7 Å². The first-order valence-electron chi connectivity index (χ1n) is 5.62. The van der Waals surface area contributed by atoms with Gasteiger partial charge in [-0.05, 0) is 12.1 Å². The summed E-state index contributed by atoms with van der Waals surface area (Å²) in [6, 6.07) is 3.56. The topological polar surface area (TPSA) is 98.2 Å². The predicted octanol–water partition coefficient (Wildman–Crippen LogP) is 0.0933. The number of hydrogen-bond donors (Lipinski definition) is 4. The number of aromatic amines is 1. The highest BCUT2D eigenvalue weighted by atomic mass is 16.3. The van der Waals surface area contributed by atoms with Gasteiger partial charge in [-0.25, -0.2) is 4.98 Å². The summed E-state index contributed by atoms with van der Waals surface area (Å²) in [6.45, 7) is 1.36. The number of pyridine rings is 1. The predicted molar refractivity (Wildman–Crippen MR) is 65.7 cm³/mol. The lowest BCUT2D eigenvalue weighted by molar-refractivity contribution is -0.119. The summed E-state index contributed by atoms with van der Waals surface area (Å²) in [5.41, 5.74) is 1.22. The van der Waals surface area contributed by atoms with E-state index in [-0.39, 0.29) is 12.5 Å². The van der Waals surface area contributed by atoms with Crippen molar-refractivity contribution in [1.82, 2.24) is 15.3 Å². The minimum Gasteiger partial charge on any atom is -0.388 e. The van der Waals surface area contributed by atoms with Crippen molar-refractivity contribution in [3.8, 4) is 0 Å². The fraction of sp³-hybridized carbons (Fsp3) is 0.333. The van der Waals surface area contributed by atoms with Crippen LogP contribution in [0.5, 0.6) is 0 Å². The molecule has 6 heteroatoms. The number of nitrogens with one attached hydrogen (secondary N) is 2. The molecule has 0 bridgehead atoms. The lowest BCUT2D eigenvalue weighted by atomic mass is 10.0. The van der Waals surface area contributed by atoms with Crippen LogP contribution >= 0.6 is 0 Å². The van der Waals surface area contributed by atoms with Gasteiger partial charge in [0.25, 0.3) is 0 Å². The summed E-state index contributed by atoms with van der Waals surface area (Å²) in [5, 5.41) is 23.1. The maximum Gasteiger partial charge on any atom is 0.216 e. The first kappa shape index (κ1) is 12.5. The number of fused-ring (bicyclic) bond motifs is 1. The molecule has 1 amide bonds. The molecule has 0 aliphatic carbocycles. The molecule has 0 saturated heterocycles. The van der Waals surface area contributed by atoms with Gasteiger partial charge < -0.3 is 20.5 Å². The van der Waals surface area contributed by atoms with E-state index in [1.165, 1.54) is 6.92 Å². The van der Waals surface area contributed by atoms with E-state index in [1.807, 2.05) is 6.07 Å². The third-order valence-corrected chi connectivity index (χ3v) is 2.73. The molecule has 18 heavy (non-hydrogen) atoms. The van der Waals surface area contributed by atoms with Gasteiger partial charge >= 0.3 is 0 Å². The average Bonchev–Trinajstić information content (AvgIpc) is 2.78. The first-order chi connectivity index (χ1) is 8.59. The van der Waals surface area contributed by atoms with E-state index in [9.17, 15) is 15.0 Å². The summed E-state index contributed by atoms with van der Waals surface area (Å²) in [7, 11) is 0. The summed E-state index contributed by atoms with van der Waals surface area (Å²) < 4.78 is 0. The molecule has 6 nitrogen and oxygen atoms in total. The Bertz CT molecular complexity index is 552. The van der Waals surface area contributed by atoms with E-state index < -0.39 is 12.2 Å². The molecule has 0 aliphatic heterocycles. The summed E-state index contributed by atoms with van der Waals surface area (Å²) in [4.78, 5) is 17.8. The molecule has 2 aromatic rings. The molecule has 0 saturated carbocycles. The lowest BCUT2D eigenvalue weighted by Crippen LogP contribution is -2.34. The minimum absolute atomic E-state index is 0.00341. The van der Waals surface area contributed by atoms with Gasteiger partial charge in [-0.15, -0.1) is 0 Å². The Morgan fingerprint density at radius 3 is 3.06 bits per heavy atom. The van der Waals surface area contributed by atoms with Crippen LogP contribution in [0.3, 0.4) is 0 Å². The third kappa shape index (κ3) is 2.49.